The number of carbonyl (C=O) groups excluding carboxylic acids is 2. The number of amides is 1. The summed E-state index contributed by atoms with van der Waals surface area (Å²) in [6.07, 6.45) is -1.63. The van der Waals surface area contributed by atoms with E-state index < -0.39 is 29.5 Å². The van der Waals surface area contributed by atoms with Crippen molar-refractivity contribution in [1.29, 1.82) is 0 Å². The Bertz CT molecular complexity index is 1160. The molecule has 4 nitrogen and oxygen atoms in total. The lowest BCUT2D eigenvalue weighted by Gasteiger charge is -2.27. The highest BCUT2D eigenvalue weighted by molar-refractivity contribution is 6.33. The van der Waals surface area contributed by atoms with Crippen molar-refractivity contribution in [3.63, 3.8) is 0 Å². The Morgan fingerprint density at radius 1 is 1.03 bits per heavy atom. The first-order valence-electron chi connectivity index (χ1n) is 12.6. The Kier molecular flexibility index (Phi) is 9.14. The van der Waals surface area contributed by atoms with Gasteiger partial charge in [-0.2, -0.15) is 13.2 Å². The number of anilines is 1. The van der Waals surface area contributed by atoms with Gasteiger partial charge < -0.3 is 10.1 Å². The van der Waals surface area contributed by atoms with Gasteiger partial charge in [-0.05, 0) is 86.8 Å². The van der Waals surface area contributed by atoms with E-state index >= 15 is 0 Å². The number of ether oxygens (including phenoxy) is 1. The fraction of sp³-hybridized carbons (Fsp3) is 0.517. The van der Waals surface area contributed by atoms with Crippen LogP contribution >= 0.6 is 23.2 Å². The Labute approximate surface area is 232 Å². The fourth-order valence-corrected chi connectivity index (χ4v) is 4.82. The molecule has 0 radical (unpaired) electrons. The maximum Gasteiger partial charge on any atom is 0.392 e. The van der Waals surface area contributed by atoms with Crippen molar-refractivity contribution in [1.82, 2.24) is 0 Å². The first-order chi connectivity index (χ1) is 17.5. The average molecular weight is 572 g/mol. The van der Waals surface area contributed by atoms with Gasteiger partial charge in [0.05, 0.1) is 29.0 Å². The van der Waals surface area contributed by atoms with Gasteiger partial charge in [0.25, 0.3) is 0 Å². The monoisotopic (exact) mass is 571 g/mol. The number of halogens is 5. The molecule has 0 spiro atoms. The standard InChI is InChI=1S/C29H34Cl2F3NO3/c1-17(29(32,33)34)25(18-6-9-21(30)10-7-18)26(37)35-23-14-19(8-11-22(23)31)20(16-28(5)12-13-28)15-24(36)38-27(2,3)4/h6-11,14,17,20,25H,12-13,15-16H2,1-5H3,(H,35,37). The van der Waals surface area contributed by atoms with Gasteiger partial charge in [-0.3, -0.25) is 9.59 Å². The van der Waals surface area contributed by atoms with Crippen molar-refractivity contribution in [2.75, 3.05) is 5.32 Å². The smallest absolute Gasteiger partial charge is 0.392 e. The van der Waals surface area contributed by atoms with E-state index in [0.717, 1.165) is 31.7 Å². The molecule has 1 N–H and O–H groups in total. The number of esters is 1. The van der Waals surface area contributed by atoms with Crippen LogP contribution in [0.15, 0.2) is 42.5 Å². The van der Waals surface area contributed by atoms with Gasteiger partial charge in [0.15, 0.2) is 0 Å². The number of hydrogen-bond acceptors (Lipinski definition) is 3. The second kappa shape index (κ2) is 11.5. The van der Waals surface area contributed by atoms with Gasteiger partial charge in [0.1, 0.15) is 5.60 Å². The number of carbonyl (C=O) groups is 2. The van der Waals surface area contributed by atoms with E-state index in [-0.39, 0.29) is 40.0 Å². The van der Waals surface area contributed by atoms with Gasteiger partial charge in [-0.25, -0.2) is 0 Å². The molecule has 2 aromatic carbocycles. The highest BCUT2D eigenvalue weighted by Gasteiger charge is 2.45. The molecule has 1 aliphatic rings. The van der Waals surface area contributed by atoms with Gasteiger partial charge in [-0.1, -0.05) is 55.2 Å². The van der Waals surface area contributed by atoms with Gasteiger partial charge in [0.2, 0.25) is 5.91 Å². The predicted molar refractivity (Wildman–Crippen MR) is 145 cm³/mol. The van der Waals surface area contributed by atoms with Crippen LogP contribution in [0.1, 0.15) is 83.3 Å². The van der Waals surface area contributed by atoms with E-state index in [1.165, 1.54) is 24.3 Å². The van der Waals surface area contributed by atoms with Crippen LogP contribution in [0, 0.1) is 11.3 Å². The third kappa shape index (κ3) is 8.37. The largest absolute Gasteiger partial charge is 0.460 e. The summed E-state index contributed by atoms with van der Waals surface area (Å²) in [5.41, 5.74) is 0.620. The molecule has 9 heteroatoms. The Hall–Kier alpha value is -2.25. The van der Waals surface area contributed by atoms with Crippen molar-refractivity contribution in [2.24, 2.45) is 11.3 Å². The van der Waals surface area contributed by atoms with Crippen LogP contribution in [0.3, 0.4) is 0 Å². The minimum atomic E-state index is -4.61. The second-order valence-electron chi connectivity index (χ2n) is 11.6. The van der Waals surface area contributed by atoms with E-state index in [9.17, 15) is 22.8 Å². The summed E-state index contributed by atoms with van der Waals surface area (Å²) in [6, 6.07) is 10.8. The van der Waals surface area contributed by atoms with E-state index in [1.807, 2.05) is 0 Å². The topological polar surface area (TPSA) is 55.4 Å². The molecule has 1 fully saturated rings. The number of alkyl halides is 3. The lowest BCUT2D eigenvalue weighted by Crippen LogP contribution is -2.34. The first-order valence-corrected chi connectivity index (χ1v) is 13.4. The van der Waals surface area contributed by atoms with E-state index in [1.54, 1.807) is 39.0 Å². The maximum atomic E-state index is 13.7. The molecule has 1 saturated carbocycles. The van der Waals surface area contributed by atoms with Crippen molar-refractivity contribution < 1.29 is 27.5 Å². The molecular weight excluding hydrogens is 538 g/mol. The number of benzene rings is 2. The summed E-state index contributed by atoms with van der Waals surface area (Å²) >= 11 is 12.3. The normalized spacial score (nSPS) is 17.3. The first kappa shape index (κ1) is 30.3. The van der Waals surface area contributed by atoms with Crippen molar-refractivity contribution in [3.8, 4) is 0 Å². The summed E-state index contributed by atoms with van der Waals surface area (Å²) < 4.78 is 46.8. The van der Waals surface area contributed by atoms with Crippen LogP contribution in [0.25, 0.3) is 0 Å². The second-order valence-corrected chi connectivity index (χ2v) is 12.4. The molecule has 3 atom stereocenters. The third-order valence-electron chi connectivity index (χ3n) is 6.92. The average Bonchev–Trinajstić information content (AvgIpc) is 3.51. The molecule has 0 saturated heterocycles. The van der Waals surface area contributed by atoms with Crippen LogP contribution < -0.4 is 5.32 Å². The molecule has 38 heavy (non-hydrogen) atoms. The summed E-state index contributed by atoms with van der Waals surface area (Å²) in [7, 11) is 0. The minimum absolute atomic E-state index is 0.109. The zero-order chi connectivity index (χ0) is 28.5. The molecule has 2 aromatic rings. The predicted octanol–water partition coefficient (Wildman–Crippen LogP) is 8.92. The van der Waals surface area contributed by atoms with E-state index in [4.69, 9.17) is 27.9 Å². The molecule has 3 unspecified atom stereocenters. The van der Waals surface area contributed by atoms with Crippen LogP contribution in [-0.2, 0) is 14.3 Å². The number of nitrogens with one attached hydrogen (secondary N) is 1. The van der Waals surface area contributed by atoms with Crippen LogP contribution in [0.4, 0.5) is 18.9 Å². The highest BCUT2D eigenvalue weighted by atomic mass is 35.5. The van der Waals surface area contributed by atoms with Crippen molar-refractivity contribution >= 4 is 40.8 Å². The Morgan fingerprint density at radius 3 is 2.13 bits per heavy atom. The molecular formula is C29H34Cl2F3NO3. The molecule has 1 aliphatic carbocycles. The lowest BCUT2D eigenvalue weighted by molar-refractivity contribution is -0.178. The zero-order valence-electron chi connectivity index (χ0n) is 22.2. The van der Waals surface area contributed by atoms with Gasteiger partial charge >= 0.3 is 12.1 Å². The molecule has 3 rings (SSSR count). The Balaban J connectivity index is 1.91. The van der Waals surface area contributed by atoms with Crippen LogP contribution in [0.2, 0.25) is 10.0 Å². The number of hydrogen-bond donors (Lipinski definition) is 1. The molecule has 0 bridgehead atoms. The molecule has 208 valence electrons. The van der Waals surface area contributed by atoms with Gasteiger partial charge in [-0.15, -0.1) is 0 Å². The van der Waals surface area contributed by atoms with Crippen molar-refractivity contribution in [2.45, 2.75) is 83.9 Å². The maximum absolute atomic E-state index is 13.7. The quantitative estimate of drug-likeness (QED) is 0.305. The highest BCUT2D eigenvalue weighted by Crippen LogP contribution is 2.52. The Morgan fingerprint density at radius 2 is 1.61 bits per heavy atom. The zero-order valence-corrected chi connectivity index (χ0v) is 23.7. The molecule has 0 aliphatic heterocycles. The van der Waals surface area contributed by atoms with Gasteiger partial charge in [0, 0.05) is 5.02 Å². The van der Waals surface area contributed by atoms with Crippen LogP contribution in [0.5, 0.6) is 0 Å². The summed E-state index contributed by atoms with van der Waals surface area (Å²) in [4.78, 5) is 26.0. The summed E-state index contributed by atoms with van der Waals surface area (Å²) in [6.45, 7) is 8.54. The molecule has 0 aromatic heterocycles. The SMILES string of the molecule is CC(C(C(=O)Nc1cc(C(CC(=O)OC(C)(C)C)CC2(C)CC2)ccc1Cl)c1ccc(Cl)cc1)C(F)(F)F. The van der Waals surface area contributed by atoms with Crippen molar-refractivity contribution in [3.05, 3.63) is 63.6 Å². The number of rotatable bonds is 9. The molecule has 1 amide bonds. The fourth-order valence-electron chi connectivity index (χ4n) is 4.53. The third-order valence-corrected chi connectivity index (χ3v) is 7.50. The van der Waals surface area contributed by atoms with E-state index in [0.29, 0.717) is 5.02 Å². The summed E-state index contributed by atoms with van der Waals surface area (Å²) in [5, 5.41) is 3.16. The summed E-state index contributed by atoms with van der Waals surface area (Å²) in [5.74, 6) is -4.86. The van der Waals surface area contributed by atoms with E-state index in [2.05, 4.69) is 12.2 Å². The molecule has 0 heterocycles. The van der Waals surface area contributed by atoms with Crippen LogP contribution in [-0.4, -0.2) is 23.7 Å². The lowest BCUT2D eigenvalue weighted by atomic mass is 9.84. The minimum Gasteiger partial charge on any atom is -0.460 e.